The van der Waals surface area contributed by atoms with E-state index >= 15 is 0 Å². The average molecular weight is 218 g/mol. The van der Waals surface area contributed by atoms with E-state index in [9.17, 15) is 13.2 Å². The van der Waals surface area contributed by atoms with Crippen LogP contribution in [0.15, 0.2) is 0 Å². The topological polar surface area (TPSA) is 75.3 Å². The van der Waals surface area contributed by atoms with Crippen molar-refractivity contribution in [1.29, 1.82) is 0 Å². The number of carbonyl (C=O) groups is 1. The summed E-state index contributed by atoms with van der Waals surface area (Å²) in [5.74, 6) is 2.01. The van der Waals surface area contributed by atoms with Crippen molar-refractivity contribution in [2.24, 2.45) is 0 Å². The summed E-state index contributed by atoms with van der Waals surface area (Å²) in [6.45, 7) is 0.558. The van der Waals surface area contributed by atoms with Crippen molar-refractivity contribution in [3.8, 4) is 12.3 Å². The third-order valence-corrected chi connectivity index (χ3v) is 2.25. The zero-order valence-electron chi connectivity index (χ0n) is 8.04. The molecule has 0 unspecified atom stereocenters. The van der Waals surface area contributed by atoms with Gasteiger partial charge in [0.15, 0.2) is 0 Å². The van der Waals surface area contributed by atoms with Crippen molar-refractivity contribution in [3.05, 3.63) is 0 Å². The minimum Gasteiger partial charge on any atom is -0.354 e. The zero-order chi connectivity index (χ0) is 11.0. The number of hydrogen-bond acceptors (Lipinski definition) is 4. The first-order valence-electron chi connectivity index (χ1n) is 4.04. The van der Waals surface area contributed by atoms with Crippen LogP contribution in [0.5, 0.6) is 0 Å². The average Bonchev–Trinajstić information content (AvgIpc) is 2.02. The summed E-state index contributed by atoms with van der Waals surface area (Å²) in [6, 6.07) is 0. The molecule has 2 N–H and O–H groups in total. The van der Waals surface area contributed by atoms with E-state index in [-0.39, 0.29) is 24.7 Å². The molecule has 0 aromatic heterocycles. The Balaban J connectivity index is 3.51. The highest BCUT2D eigenvalue weighted by molar-refractivity contribution is 7.90. The van der Waals surface area contributed by atoms with Gasteiger partial charge in [-0.3, -0.25) is 10.1 Å². The number of hydrogen-bond donors (Lipinski definition) is 2. The maximum atomic E-state index is 11.0. The van der Waals surface area contributed by atoms with Crippen LogP contribution in [0.3, 0.4) is 0 Å². The summed E-state index contributed by atoms with van der Waals surface area (Å²) >= 11 is 0. The molecule has 80 valence electrons. The van der Waals surface area contributed by atoms with Crippen molar-refractivity contribution in [3.63, 3.8) is 0 Å². The summed E-state index contributed by atoms with van der Waals surface area (Å²) in [5.41, 5.74) is 0. The Hall–Kier alpha value is -1.06. The fourth-order valence-corrected chi connectivity index (χ4v) is 1.16. The molecule has 0 fully saturated rings. The number of sulfone groups is 1. The van der Waals surface area contributed by atoms with Crippen LogP contribution in [-0.2, 0) is 14.6 Å². The van der Waals surface area contributed by atoms with Crippen molar-refractivity contribution >= 4 is 15.7 Å². The second kappa shape index (κ2) is 6.40. The molecule has 0 aromatic carbocycles. The Kier molecular flexibility index (Phi) is 5.92. The number of rotatable bonds is 6. The SMILES string of the molecule is C#CCNCC(=O)NCCS(C)(=O)=O. The third-order valence-electron chi connectivity index (χ3n) is 1.31. The first-order valence-corrected chi connectivity index (χ1v) is 6.10. The molecule has 0 aromatic rings. The van der Waals surface area contributed by atoms with Gasteiger partial charge in [0.2, 0.25) is 5.91 Å². The summed E-state index contributed by atoms with van der Waals surface area (Å²) in [6.07, 6.45) is 6.07. The number of terminal acetylenes is 1. The highest BCUT2D eigenvalue weighted by Gasteiger charge is 2.03. The summed E-state index contributed by atoms with van der Waals surface area (Å²) in [7, 11) is -3.01. The second-order valence-electron chi connectivity index (χ2n) is 2.79. The van der Waals surface area contributed by atoms with Gasteiger partial charge < -0.3 is 5.32 Å². The molecule has 5 nitrogen and oxygen atoms in total. The van der Waals surface area contributed by atoms with Crippen LogP contribution in [0.4, 0.5) is 0 Å². The molecule has 0 rings (SSSR count). The molecule has 0 aliphatic heterocycles. The zero-order valence-corrected chi connectivity index (χ0v) is 8.86. The quantitative estimate of drug-likeness (QED) is 0.414. The highest BCUT2D eigenvalue weighted by atomic mass is 32.2. The second-order valence-corrected chi connectivity index (χ2v) is 5.05. The lowest BCUT2D eigenvalue weighted by Crippen LogP contribution is -2.36. The Morgan fingerprint density at radius 3 is 2.64 bits per heavy atom. The van der Waals surface area contributed by atoms with Crippen molar-refractivity contribution in [1.82, 2.24) is 10.6 Å². The predicted octanol–water partition coefficient (Wildman–Crippen LogP) is -1.63. The lowest BCUT2D eigenvalue weighted by molar-refractivity contribution is -0.120. The molecule has 1 amide bonds. The van der Waals surface area contributed by atoms with E-state index < -0.39 is 9.84 Å². The van der Waals surface area contributed by atoms with Gasteiger partial charge >= 0.3 is 0 Å². The van der Waals surface area contributed by atoms with E-state index in [0.29, 0.717) is 6.54 Å². The summed E-state index contributed by atoms with van der Waals surface area (Å²) in [5, 5.41) is 5.13. The monoisotopic (exact) mass is 218 g/mol. The van der Waals surface area contributed by atoms with Gasteiger partial charge in [-0.05, 0) is 0 Å². The number of carbonyl (C=O) groups excluding carboxylic acids is 1. The molecule has 14 heavy (non-hydrogen) atoms. The van der Waals surface area contributed by atoms with Gasteiger partial charge in [0.25, 0.3) is 0 Å². The fourth-order valence-electron chi connectivity index (χ4n) is 0.687. The van der Waals surface area contributed by atoms with Gasteiger partial charge in [-0.2, -0.15) is 0 Å². The minimum absolute atomic E-state index is 0.0477. The molecule has 0 radical (unpaired) electrons. The van der Waals surface area contributed by atoms with Gasteiger partial charge in [0.1, 0.15) is 9.84 Å². The molecule has 6 heteroatoms. The van der Waals surface area contributed by atoms with Crippen LogP contribution in [0, 0.1) is 12.3 Å². The van der Waals surface area contributed by atoms with E-state index in [0.717, 1.165) is 6.26 Å². The normalized spacial score (nSPS) is 10.6. The third kappa shape index (κ3) is 9.03. The van der Waals surface area contributed by atoms with Gasteiger partial charge in [-0.15, -0.1) is 6.42 Å². The molecule has 0 atom stereocenters. The molecule has 0 aliphatic rings. The van der Waals surface area contributed by atoms with E-state index in [1.165, 1.54) is 0 Å². The lowest BCUT2D eigenvalue weighted by Gasteiger charge is -2.03. The molecular formula is C8H14N2O3S. The Labute approximate surface area is 84.2 Å². The largest absolute Gasteiger partial charge is 0.354 e. The molecule has 0 heterocycles. The molecule has 0 saturated carbocycles. The first kappa shape index (κ1) is 12.9. The van der Waals surface area contributed by atoms with Gasteiger partial charge in [-0.25, -0.2) is 8.42 Å². The minimum atomic E-state index is -3.01. The van der Waals surface area contributed by atoms with Crippen LogP contribution < -0.4 is 10.6 Å². The summed E-state index contributed by atoms with van der Waals surface area (Å²) < 4.78 is 21.4. The van der Waals surface area contributed by atoms with Gasteiger partial charge in [-0.1, -0.05) is 5.92 Å². The van der Waals surface area contributed by atoms with Crippen LogP contribution in [0.2, 0.25) is 0 Å². The maximum Gasteiger partial charge on any atom is 0.234 e. The molecule has 0 bridgehead atoms. The van der Waals surface area contributed by atoms with Gasteiger partial charge in [0.05, 0.1) is 18.8 Å². The smallest absolute Gasteiger partial charge is 0.234 e. The Morgan fingerprint density at radius 1 is 1.50 bits per heavy atom. The summed E-state index contributed by atoms with van der Waals surface area (Å²) in [4.78, 5) is 11.0. The van der Waals surface area contributed by atoms with E-state index in [2.05, 4.69) is 16.6 Å². The Bertz CT molecular complexity index is 316. The standard InChI is InChI=1S/C8H14N2O3S/c1-3-4-9-7-8(11)10-5-6-14(2,12)13/h1,9H,4-7H2,2H3,(H,10,11). The van der Waals surface area contributed by atoms with Crippen molar-refractivity contribution < 1.29 is 13.2 Å². The number of amides is 1. The van der Waals surface area contributed by atoms with Crippen LogP contribution in [-0.4, -0.2) is 46.0 Å². The lowest BCUT2D eigenvalue weighted by atomic mass is 10.5. The van der Waals surface area contributed by atoms with Crippen LogP contribution >= 0.6 is 0 Å². The highest BCUT2D eigenvalue weighted by Crippen LogP contribution is 1.79. The van der Waals surface area contributed by atoms with E-state index in [1.807, 2.05) is 0 Å². The number of nitrogens with one attached hydrogen (secondary N) is 2. The van der Waals surface area contributed by atoms with Crippen LogP contribution in [0.25, 0.3) is 0 Å². The van der Waals surface area contributed by atoms with Crippen LogP contribution in [0.1, 0.15) is 0 Å². The van der Waals surface area contributed by atoms with E-state index in [4.69, 9.17) is 6.42 Å². The predicted molar refractivity (Wildman–Crippen MR) is 54.4 cm³/mol. The molecular weight excluding hydrogens is 204 g/mol. The van der Waals surface area contributed by atoms with Crippen molar-refractivity contribution in [2.75, 3.05) is 31.6 Å². The van der Waals surface area contributed by atoms with E-state index in [1.54, 1.807) is 0 Å². The Morgan fingerprint density at radius 2 is 2.14 bits per heavy atom. The first-order chi connectivity index (χ1) is 6.45. The van der Waals surface area contributed by atoms with Gasteiger partial charge in [0, 0.05) is 12.8 Å². The molecule has 0 saturated heterocycles. The maximum absolute atomic E-state index is 11.0. The molecule has 0 spiro atoms. The fraction of sp³-hybridized carbons (Fsp3) is 0.625. The van der Waals surface area contributed by atoms with Crippen molar-refractivity contribution in [2.45, 2.75) is 0 Å². The molecule has 0 aliphatic carbocycles.